The number of para-hydroxylation sites is 1. The third kappa shape index (κ3) is 3.45. The first-order valence-electron chi connectivity index (χ1n) is 4.49. The van der Waals surface area contributed by atoms with E-state index in [0.717, 1.165) is 0 Å². The van der Waals surface area contributed by atoms with Crippen molar-refractivity contribution >= 4 is 5.84 Å². The third-order valence-corrected chi connectivity index (χ3v) is 1.93. The minimum absolute atomic E-state index is 0.318. The van der Waals surface area contributed by atoms with Crippen LogP contribution >= 0.6 is 0 Å². The molecule has 0 radical (unpaired) electrons. The van der Waals surface area contributed by atoms with Crippen LogP contribution in [0.15, 0.2) is 30.3 Å². The topological polar surface area (TPSA) is 59.1 Å². The summed E-state index contributed by atoms with van der Waals surface area (Å²) in [5.74, 6) is -2.69. The quantitative estimate of drug-likeness (QED) is 0.617. The lowest BCUT2D eigenvalue weighted by atomic mass is 10.1. The molecular weight excluding hydrogens is 221 g/mol. The van der Waals surface area contributed by atoms with E-state index >= 15 is 0 Å². The molecule has 3 N–H and O–H groups in total. The van der Waals surface area contributed by atoms with Gasteiger partial charge >= 0.3 is 6.18 Å². The number of amidine groups is 1. The van der Waals surface area contributed by atoms with Gasteiger partial charge < -0.3 is 10.5 Å². The second-order valence-corrected chi connectivity index (χ2v) is 3.17. The smallest absolute Gasteiger partial charge is 0.401 e. The van der Waals surface area contributed by atoms with Gasteiger partial charge in [0.25, 0.3) is 0 Å². The number of rotatable bonds is 4. The Balaban J connectivity index is 2.62. The molecule has 3 nitrogen and oxygen atoms in total. The average molecular weight is 232 g/mol. The van der Waals surface area contributed by atoms with Gasteiger partial charge in [0.05, 0.1) is 0 Å². The Kier molecular flexibility index (Phi) is 3.76. The normalized spacial score (nSPS) is 13.2. The number of hydrogen-bond acceptors (Lipinski definition) is 2. The molecule has 0 spiro atoms. The van der Waals surface area contributed by atoms with Crippen molar-refractivity contribution in [2.45, 2.75) is 6.18 Å². The zero-order valence-electron chi connectivity index (χ0n) is 8.29. The summed E-state index contributed by atoms with van der Waals surface area (Å²) < 4.78 is 42.0. The van der Waals surface area contributed by atoms with Crippen LogP contribution in [0.1, 0.15) is 0 Å². The summed E-state index contributed by atoms with van der Waals surface area (Å²) in [5.41, 5.74) is 4.87. The zero-order valence-corrected chi connectivity index (χ0v) is 8.29. The van der Waals surface area contributed by atoms with Crippen LogP contribution in [0.4, 0.5) is 13.2 Å². The van der Waals surface area contributed by atoms with Crippen molar-refractivity contribution in [1.29, 1.82) is 5.41 Å². The lowest BCUT2D eigenvalue weighted by molar-refractivity contribution is -0.162. The van der Waals surface area contributed by atoms with Gasteiger partial charge in [-0.25, -0.2) is 0 Å². The predicted molar refractivity (Wildman–Crippen MR) is 53.4 cm³/mol. The molecular formula is C10H11F3N2O. The largest absolute Gasteiger partial charge is 0.492 e. The summed E-state index contributed by atoms with van der Waals surface area (Å²) in [7, 11) is 0. The van der Waals surface area contributed by atoms with E-state index in [2.05, 4.69) is 0 Å². The number of alkyl halides is 3. The number of nitrogens with one attached hydrogen (secondary N) is 1. The van der Waals surface area contributed by atoms with Crippen LogP contribution in [-0.4, -0.2) is 18.6 Å². The minimum Gasteiger partial charge on any atom is -0.492 e. The van der Waals surface area contributed by atoms with Crippen molar-refractivity contribution in [3.05, 3.63) is 30.3 Å². The van der Waals surface area contributed by atoms with Gasteiger partial charge in [-0.15, -0.1) is 0 Å². The van der Waals surface area contributed by atoms with Crippen LogP contribution in [-0.2, 0) is 0 Å². The molecule has 88 valence electrons. The summed E-state index contributed by atoms with van der Waals surface area (Å²) in [6, 6.07) is 8.08. The molecule has 1 aromatic carbocycles. The molecule has 0 amide bonds. The highest BCUT2D eigenvalue weighted by atomic mass is 19.4. The third-order valence-electron chi connectivity index (χ3n) is 1.93. The molecule has 0 aromatic heterocycles. The van der Waals surface area contributed by atoms with Crippen LogP contribution in [0.2, 0.25) is 0 Å². The molecule has 1 atom stereocenters. The molecule has 0 fully saturated rings. The maximum atomic E-state index is 12.4. The zero-order chi connectivity index (χ0) is 12.2. The monoisotopic (exact) mass is 232 g/mol. The van der Waals surface area contributed by atoms with Gasteiger partial charge in [-0.1, -0.05) is 18.2 Å². The summed E-state index contributed by atoms with van der Waals surface area (Å²) >= 11 is 0. The van der Waals surface area contributed by atoms with E-state index in [-0.39, 0.29) is 0 Å². The standard InChI is InChI=1S/C10H11F3N2O/c11-10(12,13)8(9(14)15)6-16-7-4-2-1-3-5-7/h1-5,8H,6H2,(H3,14,15). The van der Waals surface area contributed by atoms with E-state index in [1.165, 1.54) is 12.1 Å². The maximum Gasteiger partial charge on any atom is 0.401 e. The molecule has 0 aliphatic rings. The van der Waals surface area contributed by atoms with E-state index < -0.39 is 24.5 Å². The summed E-state index contributed by atoms with van der Waals surface area (Å²) in [6.07, 6.45) is -4.55. The lowest BCUT2D eigenvalue weighted by Gasteiger charge is -2.19. The van der Waals surface area contributed by atoms with Crippen molar-refractivity contribution < 1.29 is 17.9 Å². The Morgan fingerprint density at radius 1 is 1.31 bits per heavy atom. The first kappa shape index (κ1) is 12.4. The van der Waals surface area contributed by atoms with Crippen molar-refractivity contribution in [2.24, 2.45) is 11.7 Å². The first-order chi connectivity index (χ1) is 7.41. The van der Waals surface area contributed by atoms with Crippen molar-refractivity contribution in [2.75, 3.05) is 6.61 Å². The van der Waals surface area contributed by atoms with Crippen LogP contribution in [0.5, 0.6) is 5.75 Å². The van der Waals surface area contributed by atoms with E-state index in [0.29, 0.717) is 5.75 Å². The Morgan fingerprint density at radius 3 is 2.31 bits per heavy atom. The molecule has 0 aliphatic carbocycles. The highest BCUT2D eigenvalue weighted by Gasteiger charge is 2.42. The first-order valence-corrected chi connectivity index (χ1v) is 4.49. The molecule has 0 aliphatic heterocycles. The highest BCUT2D eigenvalue weighted by molar-refractivity contribution is 5.80. The molecule has 1 rings (SSSR count). The second-order valence-electron chi connectivity index (χ2n) is 3.17. The van der Waals surface area contributed by atoms with Gasteiger partial charge in [-0.3, -0.25) is 5.41 Å². The van der Waals surface area contributed by atoms with Crippen molar-refractivity contribution in [3.8, 4) is 5.75 Å². The highest BCUT2D eigenvalue weighted by Crippen LogP contribution is 2.26. The van der Waals surface area contributed by atoms with Gasteiger partial charge in [0.2, 0.25) is 0 Å². The fourth-order valence-corrected chi connectivity index (χ4v) is 1.06. The van der Waals surface area contributed by atoms with E-state index in [1.54, 1.807) is 18.2 Å². The number of benzene rings is 1. The van der Waals surface area contributed by atoms with E-state index in [9.17, 15) is 13.2 Å². The molecule has 0 bridgehead atoms. The molecule has 1 aromatic rings. The Bertz CT molecular complexity index is 351. The number of halogens is 3. The van der Waals surface area contributed by atoms with Gasteiger partial charge in [-0.2, -0.15) is 13.2 Å². The van der Waals surface area contributed by atoms with Gasteiger partial charge in [0, 0.05) is 0 Å². The van der Waals surface area contributed by atoms with Crippen LogP contribution in [0, 0.1) is 11.3 Å². The predicted octanol–water partition coefficient (Wildman–Crippen LogP) is 2.18. The molecule has 0 heterocycles. The SMILES string of the molecule is N=C(N)C(COc1ccccc1)C(F)(F)F. The Morgan fingerprint density at radius 2 is 1.88 bits per heavy atom. The Hall–Kier alpha value is -1.72. The van der Waals surface area contributed by atoms with Gasteiger partial charge in [0.15, 0.2) is 0 Å². The maximum absolute atomic E-state index is 12.4. The molecule has 6 heteroatoms. The molecule has 0 saturated heterocycles. The molecule has 16 heavy (non-hydrogen) atoms. The van der Waals surface area contributed by atoms with Gasteiger partial charge in [0.1, 0.15) is 24.1 Å². The number of hydrogen-bond donors (Lipinski definition) is 2. The fourth-order valence-electron chi connectivity index (χ4n) is 1.06. The van der Waals surface area contributed by atoms with Crippen LogP contribution in [0.3, 0.4) is 0 Å². The molecule has 0 saturated carbocycles. The summed E-state index contributed by atoms with van der Waals surface area (Å²) in [6.45, 7) is -0.678. The van der Waals surface area contributed by atoms with E-state index in [1.807, 2.05) is 0 Å². The summed E-state index contributed by atoms with van der Waals surface area (Å²) in [4.78, 5) is 0. The lowest BCUT2D eigenvalue weighted by Crippen LogP contribution is -2.39. The Labute approximate surface area is 90.5 Å². The summed E-state index contributed by atoms with van der Waals surface area (Å²) in [5, 5.41) is 6.85. The number of ether oxygens (including phenoxy) is 1. The van der Waals surface area contributed by atoms with Crippen molar-refractivity contribution in [1.82, 2.24) is 0 Å². The van der Waals surface area contributed by atoms with Crippen LogP contribution in [0.25, 0.3) is 0 Å². The molecule has 1 unspecified atom stereocenters. The average Bonchev–Trinajstić information content (AvgIpc) is 2.17. The minimum atomic E-state index is -4.55. The number of nitrogens with two attached hydrogens (primary N) is 1. The fraction of sp³-hybridized carbons (Fsp3) is 0.300. The van der Waals surface area contributed by atoms with Gasteiger partial charge in [-0.05, 0) is 12.1 Å². The second kappa shape index (κ2) is 4.87. The van der Waals surface area contributed by atoms with Crippen molar-refractivity contribution in [3.63, 3.8) is 0 Å². The van der Waals surface area contributed by atoms with E-state index in [4.69, 9.17) is 15.9 Å². The van der Waals surface area contributed by atoms with Crippen LogP contribution < -0.4 is 10.5 Å².